The molecule has 4 nitrogen and oxygen atoms in total. The van der Waals surface area contributed by atoms with Crippen LogP contribution in [0.2, 0.25) is 0 Å². The molecule has 25 heavy (non-hydrogen) atoms. The van der Waals surface area contributed by atoms with E-state index in [4.69, 9.17) is 0 Å². The maximum Gasteiger partial charge on any atom is 0.252 e. The van der Waals surface area contributed by atoms with E-state index >= 15 is 0 Å². The minimum Gasteiger partial charge on any atom is -0.342 e. The molecule has 0 radical (unpaired) electrons. The van der Waals surface area contributed by atoms with E-state index in [1.165, 1.54) is 0 Å². The summed E-state index contributed by atoms with van der Waals surface area (Å²) in [6.45, 7) is 0. The van der Waals surface area contributed by atoms with Crippen LogP contribution in [0.25, 0.3) is 11.0 Å². The van der Waals surface area contributed by atoms with E-state index in [1.54, 1.807) is 11.8 Å². The summed E-state index contributed by atoms with van der Waals surface area (Å²) in [6, 6.07) is 9.96. The van der Waals surface area contributed by atoms with Crippen LogP contribution in [0.15, 0.2) is 42.5 Å². The monoisotopic (exact) mass is 361 g/mol. The van der Waals surface area contributed by atoms with E-state index in [1.807, 2.05) is 30.5 Å². The van der Waals surface area contributed by atoms with E-state index in [0.29, 0.717) is 12.2 Å². The summed E-state index contributed by atoms with van der Waals surface area (Å²) < 4.78 is 26.7. The number of aromatic nitrogens is 2. The van der Waals surface area contributed by atoms with Crippen LogP contribution in [-0.4, -0.2) is 27.9 Å². The van der Waals surface area contributed by atoms with E-state index in [-0.39, 0.29) is 11.6 Å². The van der Waals surface area contributed by atoms with Crippen molar-refractivity contribution in [3.63, 3.8) is 0 Å². The Bertz CT molecular complexity index is 844. The molecule has 0 saturated carbocycles. The van der Waals surface area contributed by atoms with Crippen LogP contribution < -0.4 is 5.32 Å². The van der Waals surface area contributed by atoms with Crippen LogP contribution in [0.3, 0.4) is 0 Å². The smallest absolute Gasteiger partial charge is 0.252 e. The summed E-state index contributed by atoms with van der Waals surface area (Å²) in [7, 11) is 0. The molecule has 7 heteroatoms. The Morgan fingerprint density at radius 3 is 2.64 bits per heavy atom. The van der Waals surface area contributed by atoms with Gasteiger partial charge in [-0.1, -0.05) is 12.1 Å². The summed E-state index contributed by atoms with van der Waals surface area (Å²) in [6.07, 6.45) is 2.62. The number of nitrogens with one attached hydrogen (secondary N) is 2. The lowest BCUT2D eigenvalue weighted by molar-refractivity contribution is 0.0933. The van der Waals surface area contributed by atoms with Crippen LogP contribution in [0.4, 0.5) is 8.78 Å². The molecule has 130 valence electrons. The molecule has 3 rings (SSSR count). The van der Waals surface area contributed by atoms with Crippen molar-refractivity contribution < 1.29 is 13.6 Å². The van der Waals surface area contributed by atoms with Gasteiger partial charge in [0.05, 0.1) is 17.1 Å². The Labute approximate surface area is 148 Å². The third-order valence-corrected chi connectivity index (χ3v) is 4.42. The van der Waals surface area contributed by atoms with Crippen LogP contribution in [0.5, 0.6) is 0 Å². The number of rotatable bonds is 6. The fourth-order valence-electron chi connectivity index (χ4n) is 2.58. The van der Waals surface area contributed by atoms with E-state index in [2.05, 4.69) is 15.3 Å². The van der Waals surface area contributed by atoms with Crippen molar-refractivity contribution in [3.8, 4) is 0 Å². The molecule has 1 atom stereocenters. The Morgan fingerprint density at radius 2 is 1.96 bits per heavy atom. The standard InChI is InChI=1S/C18H17F2N3OS/c1-25-7-6-16(17-21-14-4-2-3-5-15(14)22-17)23-18(24)11-8-12(19)10-13(20)9-11/h2-5,8-10,16H,6-7H2,1H3,(H,21,22)(H,23,24)/t16-/m0/s1. The highest BCUT2D eigenvalue weighted by Gasteiger charge is 2.19. The average Bonchev–Trinajstić information content (AvgIpc) is 3.01. The zero-order valence-corrected chi connectivity index (χ0v) is 14.4. The average molecular weight is 361 g/mol. The number of benzene rings is 2. The fourth-order valence-corrected chi connectivity index (χ4v) is 3.05. The molecule has 1 heterocycles. The molecule has 0 unspecified atom stereocenters. The lowest BCUT2D eigenvalue weighted by Crippen LogP contribution is -2.30. The Morgan fingerprint density at radius 1 is 1.24 bits per heavy atom. The van der Waals surface area contributed by atoms with Gasteiger partial charge in [-0.15, -0.1) is 0 Å². The number of hydrogen-bond donors (Lipinski definition) is 2. The molecule has 0 aliphatic rings. The molecule has 0 fully saturated rings. The lowest BCUT2D eigenvalue weighted by atomic mass is 10.1. The predicted molar refractivity (Wildman–Crippen MR) is 95.7 cm³/mol. The van der Waals surface area contributed by atoms with Gasteiger partial charge >= 0.3 is 0 Å². The SMILES string of the molecule is CSCC[C@H](NC(=O)c1cc(F)cc(F)c1)c1nc2ccccc2[nH]1. The number of amides is 1. The van der Waals surface area contributed by atoms with Crippen molar-refractivity contribution in [2.75, 3.05) is 12.0 Å². The van der Waals surface area contributed by atoms with Gasteiger partial charge in [0.2, 0.25) is 0 Å². The molecular formula is C18H17F2N3OS. The number of carbonyl (C=O) groups is 1. The van der Waals surface area contributed by atoms with Gasteiger partial charge in [-0.2, -0.15) is 11.8 Å². The molecule has 1 aromatic heterocycles. The number of carbonyl (C=O) groups excluding carboxylic acids is 1. The number of hydrogen-bond acceptors (Lipinski definition) is 3. The van der Waals surface area contributed by atoms with Crippen LogP contribution in [0.1, 0.15) is 28.6 Å². The summed E-state index contributed by atoms with van der Waals surface area (Å²) in [5.74, 6) is -0.672. The molecule has 0 bridgehead atoms. The van der Waals surface area contributed by atoms with Gasteiger partial charge in [0.25, 0.3) is 5.91 Å². The van der Waals surface area contributed by atoms with Gasteiger partial charge in [-0.25, -0.2) is 13.8 Å². The third-order valence-electron chi connectivity index (χ3n) is 3.78. The number of para-hydroxylation sites is 2. The lowest BCUT2D eigenvalue weighted by Gasteiger charge is -2.16. The molecule has 3 aromatic rings. The van der Waals surface area contributed by atoms with Crippen molar-refractivity contribution in [2.24, 2.45) is 0 Å². The minimum atomic E-state index is -0.783. The number of halogens is 2. The van der Waals surface area contributed by atoms with Crippen molar-refractivity contribution in [1.82, 2.24) is 15.3 Å². The van der Waals surface area contributed by atoms with Gasteiger partial charge in [-0.05, 0) is 42.7 Å². The number of nitrogens with zero attached hydrogens (tertiary/aromatic N) is 1. The second-order valence-electron chi connectivity index (χ2n) is 5.60. The van der Waals surface area contributed by atoms with E-state index in [0.717, 1.165) is 35.0 Å². The Kier molecular flexibility index (Phi) is 5.33. The largest absolute Gasteiger partial charge is 0.342 e. The van der Waals surface area contributed by atoms with Gasteiger partial charge < -0.3 is 10.3 Å². The normalized spacial score (nSPS) is 12.3. The molecule has 2 N–H and O–H groups in total. The molecule has 2 aromatic carbocycles. The van der Waals surface area contributed by atoms with Gasteiger partial charge in [-0.3, -0.25) is 4.79 Å². The summed E-state index contributed by atoms with van der Waals surface area (Å²) in [4.78, 5) is 20.1. The molecule has 0 aliphatic heterocycles. The predicted octanol–water partition coefficient (Wildman–Crippen LogP) is 4.07. The number of thioether (sulfide) groups is 1. The first-order chi connectivity index (χ1) is 12.1. The maximum atomic E-state index is 13.3. The zero-order chi connectivity index (χ0) is 17.8. The quantitative estimate of drug-likeness (QED) is 0.696. The highest BCUT2D eigenvalue weighted by Crippen LogP contribution is 2.21. The van der Waals surface area contributed by atoms with Crippen molar-refractivity contribution in [2.45, 2.75) is 12.5 Å². The first-order valence-electron chi connectivity index (χ1n) is 7.77. The number of H-pyrrole nitrogens is 1. The topological polar surface area (TPSA) is 57.8 Å². The third kappa shape index (κ3) is 4.17. The van der Waals surface area contributed by atoms with Crippen LogP contribution in [0, 0.1) is 11.6 Å². The second kappa shape index (κ2) is 7.65. The first kappa shape index (κ1) is 17.4. The van der Waals surface area contributed by atoms with Gasteiger partial charge in [0, 0.05) is 11.6 Å². The molecule has 0 aliphatic carbocycles. The van der Waals surface area contributed by atoms with E-state index in [9.17, 15) is 13.6 Å². The summed E-state index contributed by atoms with van der Waals surface area (Å²) in [5, 5.41) is 2.82. The molecule has 1 amide bonds. The second-order valence-corrected chi connectivity index (χ2v) is 6.59. The molecular weight excluding hydrogens is 344 g/mol. The van der Waals surface area contributed by atoms with Crippen LogP contribution in [-0.2, 0) is 0 Å². The van der Waals surface area contributed by atoms with Crippen molar-refractivity contribution in [1.29, 1.82) is 0 Å². The number of fused-ring (bicyclic) bond motifs is 1. The van der Waals surface area contributed by atoms with Crippen molar-refractivity contribution >= 4 is 28.7 Å². The summed E-state index contributed by atoms with van der Waals surface area (Å²) in [5.41, 5.74) is 1.62. The number of imidazole rings is 1. The highest BCUT2D eigenvalue weighted by molar-refractivity contribution is 7.98. The van der Waals surface area contributed by atoms with Gasteiger partial charge in [0.1, 0.15) is 17.5 Å². The fraction of sp³-hybridized carbons (Fsp3) is 0.222. The highest BCUT2D eigenvalue weighted by atomic mass is 32.2. The zero-order valence-electron chi connectivity index (χ0n) is 13.6. The maximum absolute atomic E-state index is 13.3. The number of aromatic amines is 1. The molecule has 0 saturated heterocycles. The van der Waals surface area contributed by atoms with E-state index < -0.39 is 17.5 Å². The summed E-state index contributed by atoms with van der Waals surface area (Å²) >= 11 is 1.65. The minimum absolute atomic E-state index is 0.0530. The molecule has 0 spiro atoms. The Hall–Kier alpha value is -2.41. The first-order valence-corrected chi connectivity index (χ1v) is 9.17. The van der Waals surface area contributed by atoms with Crippen LogP contribution >= 0.6 is 11.8 Å². The van der Waals surface area contributed by atoms with Crippen molar-refractivity contribution in [3.05, 3.63) is 65.5 Å². The Balaban J connectivity index is 1.86. The van der Waals surface area contributed by atoms with Gasteiger partial charge in [0.15, 0.2) is 0 Å².